The minimum absolute atomic E-state index is 0.0350. The van der Waals surface area contributed by atoms with Crippen LogP contribution in [-0.2, 0) is 4.79 Å². The topological polar surface area (TPSA) is 95.8 Å². The van der Waals surface area contributed by atoms with Gasteiger partial charge in [0.25, 0.3) is 11.6 Å². The van der Waals surface area contributed by atoms with Crippen molar-refractivity contribution in [3.63, 3.8) is 0 Å². The van der Waals surface area contributed by atoms with Crippen molar-refractivity contribution in [2.24, 2.45) is 5.92 Å². The van der Waals surface area contributed by atoms with Gasteiger partial charge in [-0.3, -0.25) is 19.7 Å². The maximum atomic E-state index is 12.8. The standard InChI is InChI=1S/C21H30N4O4/c1-23(2)19-9-8-17(25(28)29)14-18(19)20(26)22-16-10-12-24(13-11-16)21(27)15-6-4-3-5-7-15/h8-9,14-16H,3-7,10-13H2,1-2H3,(H,22,26). The van der Waals surface area contributed by atoms with Crippen molar-refractivity contribution >= 4 is 23.2 Å². The monoisotopic (exact) mass is 402 g/mol. The Labute approximate surface area is 171 Å². The smallest absolute Gasteiger partial charge is 0.270 e. The van der Waals surface area contributed by atoms with E-state index in [1.54, 1.807) is 25.1 Å². The van der Waals surface area contributed by atoms with Crippen molar-refractivity contribution in [3.8, 4) is 0 Å². The van der Waals surface area contributed by atoms with Gasteiger partial charge in [-0.15, -0.1) is 0 Å². The van der Waals surface area contributed by atoms with Crippen LogP contribution >= 0.6 is 0 Å². The summed E-state index contributed by atoms with van der Waals surface area (Å²) < 4.78 is 0. The van der Waals surface area contributed by atoms with E-state index in [-0.39, 0.29) is 29.5 Å². The molecule has 1 aromatic carbocycles. The van der Waals surface area contributed by atoms with E-state index in [0.717, 1.165) is 25.7 Å². The van der Waals surface area contributed by atoms with Gasteiger partial charge >= 0.3 is 0 Å². The third-order valence-electron chi connectivity index (χ3n) is 6.01. The first-order valence-corrected chi connectivity index (χ1v) is 10.4. The first-order valence-electron chi connectivity index (χ1n) is 10.4. The average molecular weight is 402 g/mol. The number of rotatable bonds is 5. The number of carbonyl (C=O) groups excluding carboxylic acids is 2. The number of hydrogen-bond donors (Lipinski definition) is 1. The first-order chi connectivity index (χ1) is 13.9. The van der Waals surface area contributed by atoms with Gasteiger partial charge < -0.3 is 15.1 Å². The molecule has 8 heteroatoms. The zero-order valence-electron chi connectivity index (χ0n) is 17.2. The molecule has 0 unspecified atom stereocenters. The quantitative estimate of drug-likeness (QED) is 0.603. The third-order valence-corrected chi connectivity index (χ3v) is 6.01. The van der Waals surface area contributed by atoms with Crippen molar-refractivity contribution in [3.05, 3.63) is 33.9 Å². The molecule has 2 aliphatic rings. The number of nitro groups is 1. The van der Waals surface area contributed by atoms with Gasteiger partial charge in [-0.05, 0) is 31.7 Å². The Morgan fingerprint density at radius 1 is 1.10 bits per heavy atom. The molecule has 1 heterocycles. The molecule has 2 fully saturated rings. The highest BCUT2D eigenvalue weighted by molar-refractivity contribution is 6.00. The molecular formula is C21H30N4O4. The molecule has 0 atom stereocenters. The lowest BCUT2D eigenvalue weighted by Gasteiger charge is -2.35. The zero-order valence-corrected chi connectivity index (χ0v) is 17.2. The van der Waals surface area contributed by atoms with E-state index in [4.69, 9.17) is 0 Å². The fourth-order valence-corrected chi connectivity index (χ4v) is 4.32. The van der Waals surface area contributed by atoms with Crippen LogP contribution in [0.5, 0.6) is 0 Å². The number of amides is 2. The molecule has 158 valence electrons. The minimum Gasteiger partial charge on any atom is -0.377 e. The van der Waals surface area contributed by atoms with Crippen LogP contribution < -0.4 is 10.2 Å². The number of anilines is 1. The van der Waals surface area contributed by atoms with E-state index >= 15 is 0 Å². The Morgan fingerprint density at radius 3 is 2.34 bits per heavy atom. The molecule has 1 saturated carbocycles. The van der Waals surface area contributed by atoms with Gasteiger partial charge in [0.15, 0.2) is 0 Å². The van der Waals surface area contributed by atoms with Gasteiger partial charge in [0, 0.05) is 57.0 Å². The number of likely N-dealkylation sites (tertiary alicyclic amines) is 1. The van der Waals surface area contributed by atoms with Crippen LogP contribution in [0, 0.1) is 16.0 Å². The number of nitrogens with zero attached hydrogens (tertiary/aromatic N) is 3. The minimum atomic E-state index is -0.494. The molecule has 1 aromatic rings. The van der Waals surface area contributed by atoms with E-state index in [1.807, 2.05) is 4.90 Å². The van der Waals surface area contributed by atoms with Crippen LogP contribution in [0.15, 0.2) is 18.2 Å². The zero-order chi connectivity index (χ0) is 21.0. The van der Waals surface area contributed by atoms with Crippen molar-refractivity contribution in [2.75, 3.05) is 32.1 Å². The molecule has 1 aliphatic carbocycles. The molecule has 0 aromatic heterocycles. The van der Waals surface area contributed by atoms with Gasteiger partial charge in [0.1, 0.15) is 0 Å². The lowest BCUT2D eigenvalue weighted by atomic mass is 9.87. The number of nitrogens with one attached hydrogen (secondary N) is 1. The molecule has 0 radical (unpaired) electrons. The first kappa shape index (κ1) is 21.1. The van der Waals surface area contributed by atoms with E-state index in [0.29, 0.717) is 37.2 Å². The number of non-ortho nitro benzene ring substituents is 1. The number of piperidine rings is 1. The second-order valence-electron chi connectivity index (χ2n) is 8.26. The van der Waals surface area contributed by atoms with Gasteiger partial charge in [0.05, 0.1) is 10.5 Å². The molecular weight excluding hydrogens is 372 g/mol. The summed E-state index contributed by atoms with van der Waals surface area (Å²) in [6.07, 6.45) is 6.91. The van der Waals surface area contributed by atoms with Crippen molar-refractivity contribution in [1.29, 1.82) is 0 Å². The molecule has 8 nitrogen and oxygen atoms in total. The highest BCUT2D eigenvalue weighted by Gasteiger charge is 2.30. The van der Waals surface area contributed by atoms with Gasteiger partial charge in [0.2, 0.25) is 5.91 Å². The largest absolute Gasteiger partial charge is 0.377 e. The van der Waals surface area contributed by atoms with Gasteiger partial charge in [-0.2, -0.15) is 0 Å². The van der Waals surface area contributed by atoms with E-state index in [2.05, 4.69) is 5.32 Å². The molecule has 0 spiro atoms. The van der Waals surface area contributed by atoms with Crippen molar-refractivity contribution < 1.29 is 14.5 Å². The fourth-order valence-electron chi connectivity index (χ4n) is 4.32. The van der Waals surface area contributed by atoms with Crippen LogP contribution in [-0.4, -0.2) is 54.9 Å². The second kappa shape index (κ2) is 9.24. The Hall–Kier alpha value is -2.64. The Morgan fingerprint density at radius 2 is 1.76 bits per heavy atom. The van der Waals surface area contributed by atoms with Crippen LogP contribution in [0.1, 0.15) is 55.3 Å². The fraction of sp³-hybridized carbons (Fsp3) is 0.619. The van der Waals surface area contributed by atoms with Crippen LogP contribution in [0.4, 0.5) is 11.4 Å². The summed E-state index contributed by atoms with van der Waals surface area (Å²) in [4.78, 5) is 39.8. The Balaban J connectivity index is 1.60. The number of carbonyl (C=O) groups is 2. The summed E-state index contributed by atoms with van der Waals surface area (Å²) in [6, 6.07) is 4.29. The summed E-state index contributed by atoms with van der Waals surface area (Å²) >= 11 is 0. The third kappa shape index (κ3) is 5.05. The summed E-state index contributed by atoms with van der Waals surface area (Å²) in [5.41, 5.74) is 0.830. The van der Waals surface area contributed by atoms with Crippen molar-refractivity contribution in [2.45, 2.75) is 51.0 Å². The molecule has 29 heavy (non-hydrogen) atoms. The number of nitro benzene ring substituents is 1. The molecule has 1 aliphatic heterocycles. The van der Waals surface area contributed by atoms with E-state index in [1.165, 1.54) is 18.6 Å². The second-order valence-corrected chi connectivity index (χ2v) is 8.26. The summed E-state index contributed by atoms with van der Waals surface area (Å²) in [5, 5.41) is 14.1. The van der Waals surface area contributed by atoms with Gasteiger partial charge in [-0.25, -0.2) is 0 Å². The van der Waals surface area contributed by atoms with Crippen LogP contribution in [0.2, 0.25) is 0 Å². The summed E-state index contributed by atoms with van der Waals surface area (Å²) in [5.74, 6) is 0.125. The summed E-state index contributed by atoms with van der Waals surface area (Å²) in [7, 11) is 3.60. The van der Waals surface area contributed by atoms with Gasteiger partial charge in [-0.1, -0.05) is 19.3 Å². The number of benzene rings is 1. The normalized spacial score (nSPS) is 18.3. The highest BCUT2D eigenvalue weighted by Crippen LogP contribution is 2.27. The number of hydrogen-bond acceptors (Lipinski definition) is 5. The highest BCUT2D eigenvalue weighted by atomic mass is 16.6. The van der Waals surface area contributed by atoms with E-state index in [9.17, 15) is 19.7 Å². The van der Waals surface area contributed by atoms with Crippen molar-refractivity contribution in [1.82, 2.24) is 10.2 Å². The summed E-state index contributed by atoms with van der Waals surface area (Å²) in [6.45, 7) is 1.30. The SMILES string of the molecule is CN(C)c1ccc([N+](=O)[O-])cc1C(=O)NC1CCN(C(=O)C2CCCCC2)CC1. The average Bonchev–Trinajstić information content (AvgIpc) is 2.73. The Bertz CT molecular complexity index is 766. The molecule has 1 saturated heterocycles. The lowest BCUT2D eigenvalue weighted by Crippen LogP contribution is -2.48. The lowest BCUT2D eigenvalue weighted by molar-refractivity contribution is -0.384. The molecule has 3 rings (SSSR count). The molecule has 2 amide bonds. The predicted octanol–water partition coefficient (Wildman–Crippen LogP) is 2.96. The van der Waals surface area contributed by atoms with Crippen LogP contribution in [0.25, 0.3) is 0 Å². The maximum Gasteiger partial charge on any atom is 0.270 e. The Kier molecular flexibility index (Phi) is 6.71. The molecule has 0 bridgehead atoms. The maximum absolute atomic E-state index is 12.8. The predicted molar refractivity (Wildman–Crippen MR) is 111 cm³/mol. The van der Waals surface area contributed by atoms with E-state index < -0.39 is 4.92 Å². The van der Waals surface area contributed by atoms with Crippen LogP contribution in [0.3, 0.4) is 0 Å². The molecule has 1 N–H and O–H groups in total.